The van der Waals surface area contributed by atoms with E-state index in [9.17, 15) is 9.18 Å². The lowest BCUT2D eigenvalue weighted by atomic mass is 10.2. The normalized spacial score (nSPS) is 10.8. The summed E-state index contributed by atoms with van der Waals surface area (Å²) in [6, 6.07) is 15.7. The van der Waals surface area contributed by atoms with Crippen molar-refractivity contribution < 1.29 is 13.9 Å². The summed E-state index contributed by atoms with van der Waals surface area (Å²) in [6.07, 6.45) is 3.38. The molecule has 2 aromatic carbocycles. The lowest BCUT2D eigenvalue weighted by Gasteiger charge is -2.11. The molecule has 0 aliphatic carbocycles. The SMILES string of the molecule is CCOc1ccc(-n2c(SCC(=O)Nc3ccc(Br)cc3F)nnc2-c2cccnc2)cc1. The molecule has 0 aliphatic heterocycles. The lowest BCUT2D eigenvalue weighted by molar-refractivity contribution is -0.113. The third-order valence-corrected chi connectivity index (χ3v) is 5.92. The molecule has 0 saturated carbocycles. The van der Waals surface area contributed by atoms with Crippen molar-refractivity contribution in [3.63, 3.8) is 0 Å². The molecule has 0 fully saturated rings. The summed E-state index contributed by atoms with van der Waals surface area (Å²) in [5.74, 6) is 0.499. The van der Waals surface area contributed by atoms with Gasteiger partial charge in [-0.2, -0.15) is 0 Å². The molecule has 33 heavy (non-hydrogen) atoms. The topological polar surface area (TPSA) is 81.9 Å². The summed E-state index contributed by atoms with van der Waals surface area (Å²) in [5, 5.41) is 11.7. The van der Waals surface area contributed by atoms with Crippen molar-refractivity contribution in [3.8, 4) is 22.8 Å². The molecular weight excluding hydrogens is 509 g/mol. The molecule has 0 unspecified atom stereocenters. The fourth-order valence-electron chi connectivity index (χ4n) is 3.04. The van der Waals surface area contributed by atoms with Crippen LogP contribution in [0.15, 0.2) is 76.6 Å². The molecule has 4 aromatic rings. The van der Waals surface area contributed by atoms with Crippen LogP contribution < -0.4 is 10.1 Å². The number of benzene rings is 2. The first-order valence-corrected chi connectivity index (χ1v) is 11.8. The lowest BCUT2D eigenvalue weighted by Crippen LogP contribution is -2.15. The van der Waals surface area contributed by atoms with Crippen LogP contribution in [0, 0.1) is 5.82 Å². The van der Waals surface area contributed by atoms with Gasteiger partial charge in [0.15, 0.2) is 11.0 Å². The monoisotopic (exact) mass is 527 g/mol. The molecule has 2 heterocycles. The first-order valence-electron chi connectivity index (χ1n) is 10.0. The fraction of sp³-hybridized carbons (Fsp3) is 0.130. The number of hydrogen-bond donors (Lipinski definition) is 1. The molecule has 7 nitrogen and oxygen atoms in total. The van der Waals surface area contributed by atoms with Gasteiger partial charge in [-0.1, -0.05) is 27.7 Å². The maximum absolute atomic E-state index is 14.0. The van der Waals surface area contributed by atoms with Crippen LogP contribution in [0.5, 0.6) is 5.75 Å². The molecule has 0 saturated heterocycles. The highest BCUT2D eigenvalue weighted by molar-refractivity contribution is 9.10. The predicted octanol–water partition coefficient (Wildman–Crippen LogP) is 5.36. The van der Waals surface area contributed by atoms with Gasteiger partial charge in [-0.3, -0.25) is 14.3 Å². The summed E-state index contributed by atoms with van der Waals surface area (Å²) < 4.78 is 22.0. The van der Waals surface area contributed by atoms with Gasteiger partial charge in [0.25, 0.3) is 0 Å². The smallest absolute Gasteiger partial charge is 0.234 e. The standard InChI is InChI=1S/C23H19BrFN5O2S/c1-2-32-18-8-6-17(7-9-18)30-22(15-4-3-11-26-13-15)28-29-23(30)33-14-21(31)27-20-10-5-16(24)12-19(20)25/h3-13H,2,14H2,1H3,(H,27,31). The molecule has 0 atom stereocenters. The van der Waals surface area contributed by atoms with Gasteiger partial charge in [0.2, 0.25) is 5.91 Å². The number of halogens is 2. The minimum Gasteiger partial charge on any atom is -0.494 e. The summed E-state index contributed by atoms with van der Waals surface area (Å²) >= 11 is 4.40. The van der Waals surface area contributed by atoms with Gasteiger partial charge in [-0.25, -0.2) is 4.39 Å². The van der Waals surface area contributed by atoms with E-state index < -0.39 is 5.82 Å². The second kappa shape index (κ2) is 10.6. The molecular formula is C23H19BrFN5O2S. The first kappa shape index (κ1) is 22.9. The Morgan fingerprint density at radius 2 is 2.00 bits per heavy atom. The molecule has 4 rings (SSSR count). The van der Waals surface area contributed by atoms with E-state index in [0.29, 0.717) is 22.1 Å². The van der Waals surface area contributed by atoms with E-state index >= 15 is 0 Å². The molecule has 10 heteroatoms. The molecule has 0 bridgehead atoms. The zero-order valence-corrected chi connectivity index (χ0v) is 19.9. The summed E-state index contributed by atoms with van der Waals surface area (Å²) in [7, 11) is 0. The van der Waals surface area contributed by atoms with Crippen LogP contribution >= 0.6 is 27.7 Å². The number of ether oxygens (including phenoxy) is 1. The number of hydrogen-bond acceptors (Lipinski definition) is 6. The average Bonchev–Trinajstić information content (AvgIpc) is 3.25. The van der Waals surface area contributed by atoms with Gasteiger partial charge in [0, 0.05) is 28.1 Å². The first-order chi connectivity index (χ1) is 16.0. The zero-order valence-electron chi connectivity index (χ0n) is 17.5. The Balaban J connectivity index is 1.58. The number of amides is 1. The quantitative estimate of drug-likeness (QED) is 0.310. The molecule has 0 spiro atoms. The predicted molar refractivity (Wildman–Crippen MR) is 129 cm³/mol. The number of thioether (sulfide) groups is 1. The van der Waals surface area contributed by atoms with Crippen molar-refractivity contribution in [1.29, 1.82) is 0 Å². The van der Waals surface area contributed by atoms with Crippen molar-refractivity contribution in [2.45, 2.75) is 12.1 Å². The van der Waals surface area contributed by atoms with Crippen LogP contribution in [0.4, 0.5) is 10.1 Å². The van der Waals surface area contributed by atoms with Crippen LogP contribution in [0.3, 0.4) is 0 Å². The Morgan fingerprint density at radius 1 is 1.18 bits per heavy atom. The van der Waals surface area contributed by atoms with Gasteiger partial charge >= 0.3 is 0 Å². The Kier molecular flexibility index (Phi) is 7.36. The maximum Gasteiger partial charge on any atom is 0.234 e. The molecule has 2 aromatic heterocycles. The van der Waals surface area contributed by atoms with Crippen molar-refractivity contribution >= 4 is 39.3 Å². The molecule has 0 aliphatic rings. The van der Waals surface area contributed by atoms with Crippen molar-refractivity contribution in [1.82, 2.24) is 19.7 Å². The van der Waals surface area contributed by atoms with E-state index in [2.05, 4.69) is 36.4 Å². The molecule has 168 valence electrons. The average molecular weight is 528 g/mol. The zero-order chi connectivity index (χ0) is 23.2. The largest absolute Gasteiger partial charge is 0.494 e. The second-order valence-corrected chi connectivity index (χ2v) is 8.63. The number of nitrogens with one attached hydrogen (secondary N) is 1. The van der Waals surface area contributed by atoms with Gasteiger partial charge in [0.05, 0.1) is 18.0 Å². The summed E-state index contributed by atoms with van der Waals surface area (Å²) in [6.45, 7) is 2.50. The van der Waals surface area contributed by atoms with E-state index in [-0.39, 0.29) is 17.3 Å². The third-order valence-electron chi connectivity index (χ3n) is 4.50. The number of pyridine rings is 1. The van der Waals surface area contributed by atoms with E-state index in [4.69, 9.17) is 4.74 Å². The number of nitrogens with zero attached hydrogens (tertiary/aromatic N) is 4. The van der Waals surface area contributed by atoms with Gasteiger partial charge in [-0.05, 0) is 61.5 Å². The minimum absolute atomic E-state index is 0.0255. The number of carbonyl (C=O) groups excluding carboxylic acids is 1. The molecule has 1 amide bonds. The van der Waals surface area contributed by atoms with E-state index in [1.807, 2.05) is 47.9 Å². The Bertz CT molecular complexity index is 1250. The highest BCUT2D eigenvalue weighted by Gasteiger charge is 2.18. The Hall–Kier alpha value is -3.24. The van der Waals surface area contributed by atoms with Crippen molar-refractivity contribution in [2.75, 3.05) is 17.7 Å². The Labute approximate surface area is 202 Å². The van der Waals surface area contributed by atoms with Crippen molar-refractivity contribution in [3.05, 3.63) is 77.3 Å². The Morgan fingerprint density at radius 3 is 2.70 bits per heavy atom. The number of carbonyl (C=O) groups is 1. The summed E-state index contributed by atoms with van der Waals surface area (Å²) in [4.78, 5) is 16.6. The minimum atomic E-state index is -0.515. The van der Waals surface area contributed by atoms with Gasteiger partial charge < -0.3 is 10.1 Å². The fourth-order valence-corrected chi connectivity index (χ4v) is 4.13. The van der Waals surface area contributed by atoms with Crippen LogP contribution in [0.1, 0.15) is 6.92 Å². The van der Waals surface area contributed by atoms with Crippen LogP contribution in [-0.2, 0) is 4.79 Å². The van der Waals surface area contributed by atoms with E-state index in [1.165, 1.54) is 23.9 Å². The van der Waals surface area contributed by atoms with Crippen LogP contribution in [0.2, 0.25) is 0 Å². The van der Waals surface area contributed by atoms with Crippen molar-refractivity contribution in [2.24, 2.45) is 0 Å². The second-order valence-electron chi connectivity index (χ2n) is 6.77. The summed E-state index contributed by atoms with van der Waals surface area (Å²) in [5.41, 5.74) is 1.71. The number of anilines is 1. The molecule has 1 N–H and O–H groups in total. The van der Waals surface area contributed by atoms with Gasteiger partial charge in [0.1, 0.15) is 11.6 Å². The van der Waals surface area contributed by atoms with E-state index in [0.717, 1.165) is 17.0 Å². The van der Waals surface area contributed by atoms with E-state index in [1.54, 1.807) is 18.5 Å². The molecule has 0 radical (unpaired) electrons. The number of rotatable bonds is 8. The highest BCUT2D eigenvalue weighted by Crippen LogP contribution is 2.29. The maximum atomic E-state index is 14.0. The highest BCUT2D eigenvalue weighted by atomic mass is 79.9. The van der Waals surface area contributed by atoms with Gasteiger partial charge in [-0.15, -0.1) is 10.2 Å². The van der Waals surface area contributed by atoms with Crippen LogP contribution in [0.25, 0.3) is 17.1 Å². The number of aromatic nitrogens is 4. The third kappa shape index (κ3) is 5.58. The van der Waals surface area contributed by atoms with Crippen LogP contribution in [-0.4, -0.2) is 38.0 Å².